The smallest absolute Gasteiger partial charge is 0.227 e. The molecule has 1 aromatic heterocycles. The lowest BCUT2D eigenvalue weighted by Gasteiger charge is -2.16. The minimum atomic E-state index is -0.101. The molecule has 4 nitrogen and oxygen atoms in total. The van der Waals surface area contributed by atoms with Gasteiger partial charge in [0.25, 0.3) is 0 Å². The average molecular weight is 231 g/mol. The maximum absolute atomic E-state index is 11.9. The van der Waals surface area contributed by atoms with Crippen LogP contribution in [-0.4, -0.2) is 16.9 Å². The minimum absolute atomic E-state index is 0.0101. The maximum Gasteiger partial charge on any atom is 0.227 e. The van der Waals surface area contributed by atoms with Crippen LogP contribution in [0.15, 0.2) is 36.5 Å². The Balaban J connectivity index is 1.93. The van der Waals surface area contributed by atoms with Crippen LogP contribution in [0.25, 0.3) is 0 Å². The van der Waals surface area contributed by atoms with Gasteiger partial charge in [0, 0.05) is 12.2 Å². The molecule has 90 valence electrons. The highest BCUT2D eigenvalue weighted by Gasteiger charge is 2.23. The van der Waals surface area contributed by atoms with E-state index in [0.29, 0.717) is 6.42 Å². The summed E-state index contributed by atoms with van der Waals surface area (Å²) in [6, 6.07) is 5.61. The molecular formula is C13H17N3O. The second kappa shape index (κ2) is 5.10. The van der Waals surface area contributed by atoms with Gasteiger partial charge >= 0.3 is 0 Å². The molecule has 0 fully saturated rings. The number of amides is 1. The first-order valence-corrected chi connectivity index (χ1v) is 5.82. The molecule has 17 heavy (non-hydrogen) atoms. The van der Waals surface area contributed by atoms with Gasteiger partial charge in [-0.05, 0) is 25.5 Å². The van der Waals surface area contributed by atoms with Gasteiger partial charge in [-0.15, -0.1) is 0 Å². The van der Waals surface area contributed by atoms with Crippen molar-refractivity contribution >= 4 is 5.91 Å². The number of hydrogen-bond donors (Lipinski definition) is 2. The monoisotopic (exact) mass is 231 g/mol. The van der Waals surface area contributed by atoms with Crippen LogP contribution in [0.3, 0.4) is 0 Å². The number of carbonyl (C=O) groups excluding carboxylic acids is 1. The van der Waals surface area contributed by atoms with Gasteiger partial charge in [0.05, 0.1) is 17.7 Å². The highest BCUT2D eigenvalue weighted by molar-refractivity contribution is 5.81. The van der Waals surface area contributed by atoms with Gasteiger partial charge in [-0.3, -0.25) is 9.78 Å². The fourth-order valence-electron chi connectivity index (χ4n) is 1.95. The van der Waals surface area contributed by atoms with E-state index in [4.69, 9.17) is 5.73 Å². The highest BCUT2D eigenvalue weighted by atomic mass is 16.1. The van der Waals surface area contributed by atoms with E-state index in [-0.39, 0.29) is 23.9 Å². The Hall–Kier alpha value is -1.68. The van der Waals surface area contributed by atoms with E-state index < -0.39 is 0 Å². The zero-order valence-electron chi connectivity index (χ0n) is 9.84. The van der Waals surface area contributed by atoms with Gasteiger partial charge in [0.2, 0.25) is 5.91 Å². The number of nitrogens with zero attached hydrogens (tertiary/aromatic N) is 1. The second-order valence-corrected chi connectivity index (χ2v) is 4.38. The number of nitrogens with one attached hydrogen (secondary N) is 1. The molecule has 2 rings (SSSR count). The van der Waals surface area contributed by atoms with E-state index in [1.165, 1.54) is 0 Å². The molecule has 1 aliphatic carbocycles. The van der Waals surface area contributed by atoms with Crippen molar-refractivity contribution in [1.82, 2.24) is 10.3 Å². The topological polar surface area (TPSA) is 68.0 Å². The lowest BCUT2D eigenvalue weighted by Crippen LogP contribution is -2.33. The van der Waals surface area contributed by atoms with Crippen LogP contribution in [0.5, 0.6) is 0 Å². The fraction of sp³-hybridized carbons (Fsp3) is 0.385. The number of nitrogens with two attached hydrogens (primary N) is 1. The van der Waals surface area contributed by atoms with Gasteiger partial charge in [0.1, 0.15) is 0 Å². The van der Waals surface area contributed by atoms with Crippen molar-refractivity contribution < 1.29 is 4.79 Å². The molecule has 4 heteroatoms. The fourth-order valence-corrected chi connectivity index (χ4v) is 1.95. The minimum Gasteiger partial charge on any atom is -0.347 e. The largest absolute Gasteiger partial charge is 0.347 e. The summed E-state index contributed by atoms with van der Waals surface area (Å²) in [7, 11) is 0. The Morgan fingerprint density at radius 2 is 2.35 bits per heavy atom. The lowest BCUT2D eigenvalue weighted by molar-refractivity contribution is -0.124. The van der Waals surface area contributed by atoms with Crippen LogP contribution < -0.4 is 11.1 Å². The van der Waals surface area contributed by atoms with Gasteiger partial charge in [-0.25, -0.2) is 0 Å². The van der Waals surface area contributed by atoms with Crippen LogP contribution in [-0.2, 0) is 4.79 Å². The average Bonchev–Trinajstić information content (AvgIpc) is 2.77. The Bertz CT molecular complexity index is 416. The van der Waals surface area contributed by atoms with E-state index in [2.05, 4.69) is 10.3 Å². The van der Waals surface area contributed by atoms with Crippen molar-refractivity contribution in [1.29, 1.82) is 0 Å². The van der Waals surface area contributed by atoms with Gasteiger partial charge in [-0.1, -0.05) is 18.2 Å². The molecule has 0 bridgehead atoms. The molecular weight excluding hydrogens is 214 g/mol. The van der Waals surface area contributed by atoms with E-state index >= 15 is 0 Å². The van der Waals surface area contributed by atoms with Gasteiger partial charge in [-0.2, -0.15) is 0 Å². The molecule has 0 aromatic carbocycles. The molecule has 0 saturated carbocycles. The first kappa shape index (κ1) is 11.8. The number of rotatable bonds is 3. The zero-order valence-corrected chi connectivity index (χ0v) is 9.84. The summed E-state index contributed by atoms with van der Waals surface area (Å²) in [5.41, 5.74) is 6.59. The van der Waals surface area contributed by atoms with E-state index in [0.717, 1.165) is 5.69 Å². The molecule has 1 heterocycles. The van der Waals surface area contributed by atoms with Crippen molar-refractivity contribution in [3.63, 3.8) is 0 Å². The molecule has 0 radical (unpaired) electrons. The summed E-state index contributed by atoms with van der Waals surface area (Å²) >= 11 is 0. The Kier molecular flexibility index (Phi) is 3.54. The second-order valence-electron chi connectivity index (χ2n) is 4.38. The predicted molar refractivity (Wildman–Crippen MR) is 66.0 cm³/mol. The van der Waals surface area contributed by atoms with E-state index in [9.17, 15) is 4.79 Å². The van der Waals surface area contributed by atoms with Crippen LogP contribution in [0.2, 0.25) is 0 Å². The molecule has 1 amide bonds. The Morgan fingerprint density at radius 1 is 1.53 bits per heavy atom. The molecule has 3 atom stereocenters. The third kappa shape index (κ3) is 2.91. The predicted octanol–water partition coefficient (Wildman–Crippen LogP) is 1.16. The van der Waals surface area contributed by atoms with Crippen LogP contribution in [0.4, 0.5) is 0 Å². The first-order chi connectivity index (χ1) is 8.16. The summed E-state index contributed by atoms with van der Waals surface area (Å²) in [5.74, 6) is -0.0801. The molecule has 3 N–H and O–H groups in total. The first-order valence-electron chi connectivity index (χ1n) is 5.82. The van der Waals surface area contributed by atoms with Crippen molar-refractivity contribution in [3.8, 4) is 0 Å². The zero-order chi connectivity index (χ0) is 12.3. The standard InChI is InChI=1S/C13H17N3O/c1-9(12-4-2-3-7-15-12)16-13(17)10-5-6-11(14)8-10/h2-7,9-11H,8,14H2,1H3,(H,16,17)/t9-,10?,11?/m0/s1. The SMILES string of the molecule is C[C@H](NC(=O)C1C=CC(N)C1)c1ccccn1. The Morgan fingerprint density at radius 3 is 2.94 bits per heavy atom. The summed E-state index contributed by atoms with van der Waals surface area (Å²) in [6.45, 7) is 1.93. The quantitative estimate of drug-likeness (QED) is 0.767. The number of hydrogen-bond acceptors (Lipinski definition) is 3. The van der Waals surface area contributed by atoms with E-state index in [1.807, 2.05) is 37.3 Å². The number of pyridine rings is 1. The normalized spacial score (nSPS) is 24.6. The van der Waals surface area contributed by atoms with Gasteiger partial charge in [0.15, 0.2) is 0 Å². The van der Waals surface area contributed by atoms with E-state index in [1.54, 1.807) is 6.20 Å². The van der Waals surface area contributed by atoms with Gasteiger partial charge < -0.3 is 11.1 Å². The molecule has 1 aromatic rings. The summed E-state index contributed by atoms with van der Waals surface area (Å²) in [5, 5.41) is 2.95. The van der Waals surface area contributed by atoms with Crippen LogP contribution in [0, 0.1) is 5.92 Å². The van der Waals surface area contributed by atoms with Crippen molar-refractivity contribution in [3.05, 3.63) is 42.2 Å². The number of aromatic nitrogens is 1. The number of carbonyl (C=O) groups is 1. The molecule has 0 spiro atoms. The van der Waals surface area contributed by atoms with Crippen LogP contribution in [0.1, 0.15) is 25.1 Å². The molecule has 0 saturated heterocycles. The Labute approximate surface area is 101 Å². The summed E-state index contributed by atoms with van der Waals surface area (Å²) in [6.07, 6.45) is 6.19. The van der Waals surface area contributed by atoms with Crippen LogP contribution >= 0.6 is 0 Å². The lowest BCUT2D eigenvalue weighted by atomic mass is 10.1. The summed E-state index contributed by atoms with van der Waals surface area (Å²) in [4.78, 5) is 16.1. The molecule has 1 aliphatic rings. The van der Waals surface area contributed by atoms with Crippen molar-refractivity contribution in [2.75, 3.05) is 0 Å². The maximum atomic E-state index is 11.9. The highest BCUT2D eigenvalue weighted by Crippen LogP contribution is 2.18. The third-order valence-electron chi connectivity index (χ3n) is 2.94. The molecule has 0 aliphatic heterocycles. The van der Waals surface area contributed by atoms with Crippen molar-refractivity contribution in [2.24, 2.45) is 11.7 Å². The summed E-state index contributed by atoms with van der Waals surface area (Å²) < 4.78 is 0. The molecule has 2 unspecified atom stereocenters. The third-order valence-corrected chi connectivity index (χ3v) is 2.94. The van der Waals surface area contributed by atoms with Crippen molar-refractivity contribution in [2.45, 2.75) is 25.4 Å².